The first-order chi connectivity index (χ1) is 13.3. The van der Waals surface area contributed by atoms with Gasteiger partial charge in [-0.15, -0.1) is 0 Å². The molecule has 0 saturated carbocycles. The lowest BCUT2D eigenvalue weighted by Crippen LogP contribution is -2.45. The standard InChI is InChI=1S/C20H28N2O6/c1-21(13-19(24)22-10-8-15(9-11-22)20(25)26)18(23)7-5-14-4-6-16(27-2)17(12-14)28-3/h4,6,12,15H,5,7-11,13H2,1-3H3,(H,25,26). The van der Waals surface area contributed by atoms with E-state index < -0.39 is 5.97 Å². The van der Waals surface area contributed by atoms with Crippen LogP contribution in [0.15, 0.2) is 18.2 Å². The summed E-state index contributed by atoms with van der Waals surface area (Å²) in [6.45, 7) is 0.843. The molecule has 1 heterocycles. The van der Waals surface area contributed by atoms with E-state index in [0.29, 0.717) is 43.9 Å². The molecule has 28 heavy (non-hydrogen) atoms. The molecular weight excluding hydrogens is 364 g/mol. The Morgan fingerprint density at radius 1 is 1.14 bits per heavy atom. The minimum atomic E-state index is -0.811. The number of likely N-dealkylation sites (tertiary alicyclic amines) is 1. The smallest absolute Gasteiger partial charge is 0.306 e. The van der Waals surface area contributed by atoms with Crippen LogP contribution in [0.5, 0.6) is 11.5 Å². The van der Waals surface area contributed by atoms with Crippen molar-refractivity contribution in [3.8, 4) is 11.5 Å². The summed E-state index contributed by atoms with van der Waals surface area (Å²) >= 11 is 0. The summed E-state index contributed by atoms with van der Waals surface area (Å²) in [4.78, 5) is 38.8. The van der Waals surface area contributed by atoms with Crippen LogP contribution in [0.2, 0.25) is 0 Å². The molecule has 0 spiro atoms. The Bertz CT molecular complexity index is 713. The van der Waals surface area contributed by atoms with Gasteiger partial charge in [-0.3, -0.25) is 14.4 Å². The molecule has 0 radical (unpaired) electrons. The van der Waals surface area contributed by atoms with Crippen LogP contribution in [0.3, 0.4) is 0 Å². The SMILES string of the molecule is COc1ccc(CCC(=O)N(C)CC(=O)N2CCC(C(=O)O)CC2)cc1OC. The summed E-state index contributed by atoms with van der Waals surface area (Å²) < 4.78 is 10.5. The van der Waals surface area contributed by atoms with Gasteiger partial charge in [-0.1, -0.05) is 6.07 Å². The number of piperidine rings is 1. The number of ether oxygens (including phenoxy) is 2. The molecule has 154 valence electrons. The summed E-state index contributed by atoms with van der Waals surface area (Å²) in [5.41, 5.74) is 0.946. The summed E-state index contributed by atoms with van der Waals surface area (Å²) in [6.07, 6.45) is 1.72. The van der Waals surface area contributed by atoms with Crippen molar-refractivity contribution in [2.45, 2.75) is 25.7 Å². The number of carboxylic acids is 1. The Hall–Kier alpha value is -2.77. The molecule has 2 rings (SSSR count). The highest BCUT2D eigenvalue weighted by Gasteiger charge is 2.27. The van der Waals surface area contributed by atoms with Crippen molar-refractivity contribution in [2.24, 2.45) is 5.92 Å². The zero-order valence-corrected chi connectivity index (χ0v) is 16.6. The van der Waals surface area contributed by atoms with Crippen molar-refractivity contribution in [2.75, 3.05) is 40.9 Å². The van der Waals surface area contributed by atoms with Crippen molar-refractivity contribution < 1.29 is 29.0 Å². The van der Waals surface area contributed by atoms with Crippen molar-refractivity contribution in [3.63, 3.8) is 0 Å². The maximum atomic E-state index is 12.4. The van der Waals surface area contributed by atoms with Crippen LogP contribution >= 0.6 is 0 Å². The van der Waals surface area contributed by atoms with Crippen LogP contribution in [0.1, 0.15) is 24.8 Å². The maximum Gasteiger partial charge on any atom is 0.306 e. The van der Waals surface area contributed by atoms with Crippen LogP contribution in [-0.4, -0.2) is 73.6 Å². The molecule has 0 aliphatic carbocycles. The Morgan fingerprint density at radius 3 is 2.36 bits per heavy atom. The molecule has 1 aromatic rings. The Balaban J connectivity index is 1.81. The number of likely N-dealkylation sites (N-methyl/N-ethyl adjacent to an activating group) is 1. The molecule has 1 saturated heterocycles. The van der Waals surface area contributed by atoms with Gasteiger partial charge in [0.05, 0.1) is 26.7 Å². The topological polar surface area (TPSA) is 96.4 Å². The van der Waals surface area contributed by atoms with E-state index in [9.17, 15) is 14.4 Å². The number of hydrogen-bond acceptors (Lipinski definition) is 5. The second-order valence-electron chi connectivity index (χ2n) is 6.93. The van der Waals surface area contributed by atoms with E-state index in [1.807, 2.05) is 12.1 Å². The predicted molar refractivity (Wildman–Crippen MR) is 102 cm³/mol. The Kier molecular flexibility index (Phi) is 7.66. The van der Waals surface area contributed by atoms with E-state index >= 15 is 0 Å². The molecule has 1 fully saturated rings. The molecule has 8 heteroatoms. The van der Waals surface area contributed by atoms with E-state index in [-0.39, 0.29) is 30.7 Å². The average Bonchev–Trinajstić information content (AvgIpc) is 2.71. The number of hydrogen-bond donors (Lipinski definition) is 1. The third-order valence-corrected chi connectivity index (χ3v) is 5.07. The van der Waals surface area contributed by atoms with Crippen LogP contribution < -0.4 is 9.47 Å². The molecule has 1 aliphatic rings. The van der Waals surface area contributed by atoms with Crippen LogP contribution in [0.25, 0.3) is 0 Å². The highest BCUT2D eigenvalue weighted by molar-refractivity contribution is 5.85. The predicted octanol–water partition coefficient (Wildman–Crippen LogP) is 1.42. The fourth-order valence-corrected chi connectivity index (χ4v) is 3.25. The van der Waals surface area contributed by atoms with Crippen molar-refractivity contribution >= 4 is 17.8 Å². The molecule has 1 aliphatic heterocycles. The number of benzene rings is 1. The van der Waals surface area contributed by atoms with E-state index in [2.05, 4.69) is 0 Å². The lowest BCUT2D eigenvalue weighted by molar-refractivity contribution is -0.146. The van der Waals surface area contributed by atoms with Gasteiger partial charge in [0.2, 0.25) is 11.8 Å². The van der Waals surface area contributed by atoms with Crippen LogP contribution in [0.4, 0.5) is 0 Å². The van der Waals surface area contributed by atoms with Gasteiger partial charge in [-0.25, -0.2) is 0 Å². The number of amides is 2. The molecule has 1 N–H and O–H groups in total. The zero-order chi connectivity index (χ0) is 20.7. The normalized spacial score (nSPS) is 14.5. The second-order valence-corrected chi connectivity index (χ2v) is 6.93. The lowest BCUT2D eigenvalue weighted by Gasteiger charge is -2.31. The molecule has 0 unspecified atom stereocenters. The molecule has 0 bridgehead atoms. The van der Waals surface area contributed by atoms with Crippen molar-refractivity contribution in [1.29, 1.82) is 0 Å². The van der Waals surface area contributed by atoms with Gasteiger partial charge < -0.3 is 24.4 Å². The van der Waals surface area contributed by atoms with Gasteiger partial charge in [0.15, 0.2) is 11.5 Å². The van der Waals surface area contributed by atoms with Crippen LogP contribution in [-0.2, 0) is 20.8 Å². The molecular formula is C20H28N2O6. The number of methoxy groups -OCH3 is 2. The highest BCUT2D eigenvalue weighted by atomic mass is 16.5. The molecule has 0 aromatic heterocycles. The summed E-state index contributed by atoms with van der Waals surface area (Å²) in [5, 5.41) is 9.03. The highest BCUT2D eigenvalue weighted by Crippen LogP contribution is 2.28. The van der Waals surface area contributed by atoms with E-state index in [0.717, 1.165) is 5.56 Å². The Morgan fingerprint density at radius 2 is 1.79 bits per heavy atom. The maximum absolute atomic E-state index is 12.4. The third kappa shape index (κ3) is 5.61. The minimum absolute atomic E-state index is 0.00249. The van der Waals surface area contributed by atoms with Gasteiger partial charge in [0.25, 0.3) is 0 Å². The van der Waals surface area contributed by atoms with E-state index in [4.69, 9.17) is 14.6 Å². The van der Waals surface area contributed by atoms with Crippen LogP contribution in [0, 0.1) is 5.92 Å². The summed E-state index contributed by atoms with van der Waals surface area (Å²) in [6, 6.07) is 5.52. The summed E-state index contributed by atoms with van der Waals surface area (Å²) in [5.74, 6) is -0.221. The minimum Gasteiger partial charge on any atom is -0.493 e. The third-order valence-electron chi connectivity index (χ3n) is 5.07. The quantitative estimate of drug-likeness (QED) is 0.719. The molecule has 8 nitrogen and oxygen atoms in total. The number of aliphatic carboxylic acids is 1. The molecule has 2 amide bonds. The van der Waals surface area contributed by atoms with Crippen molar-refractivity contribution in [1.82, 2.24) is 9.80 Å². The summed E-state index contributed by atoms with van der Waals surface area (Å²) in [7, 11) is 4.74. The number of carbonyl (C=O) groups is 3. The van der Waals surface area contributed by atoms with Gasteiger partial charge in [0.1, 0.15) is 0 Å². The monoisotopic (exact) mass is 392 g/mol. The molecule has 1 aromatic carbocycles. The number of carbonyl (C=O) groups excluding carboxylic acids is 2. The fraction of sp³-hybridized carbons (Fsp3) is 0.550. The zero-order valence-electron chi connectivity index (χ0n) is 16.6. The number of carboxylic acid groups (broad SMARTS) is 1. The number of nitrogens with zero attached hydrogens (tertiary/aromatic N) is 2. The second kappa shape index (κ2) is 9.96. The number of aryl methyl sites for hydroxylation is 1. The first-order valence-corrected chi connectivity index (χ1v) is 9.31. The van der Waals surface area contributed by atoms with Gasteiger partial charge >= 0.3 is 5.97 Å². The lowest BCUT2D eigenvalue weighted by atomic mass is 9.97. The fourth-order valence-electron chi connectivity index (χ4n) is 3.25. The number of rotatable bonds is 8. The van der Waals surface area contributed by atoms with Crippen molar-refractivity contribution in [3.05, 3.63) is 23.8 Å². The largest absolute Gasteiger partial charge is 0.493 e. The van der Waals surface area contributed by atoms with Gasteiger partial charge in [-0.2, -0.15) is 0 Å². The molecule has 0 atom stereocenters. The Labute approximate surface area is 165 Å². The first kappa shape index (κ1) is 21.5. The van der Waals surface area contributed by atoms with Gasteiger partial charge in [0, 0.05) is 26.6 Å². The first-order valence-electron chi connectivity index (χ1n) is 9.31. The van der Waals surface area contributed by atoms with E-state index in [1.165, 1.54) is 4.90 Å². The van der Waals surface area contributed by atoms with Gasteiger partial charge in [-0.05, 0) is 37.0 Å². The van der Waals surface area contributed by atoms with E-state index in [1.54, 1.807) is 32.2 Å². The average molecular weight is 392 g/mol.